The van der Waals surface area contributed by atoms with Gasteiger partial charge in [0.1, 0.15) is 12.1 Å². The number of rotatable bonds is 12. The fourth-order valence-corrected chi connectivity index (χ4v) is 4.29. The van der Waals surface area contributed by atoms with Crippen LogP contribution in [0.25, 0.3) is 0 Å². The second kappa shape index (κ2) is 13.3. The third kappa shape index (κ3) is 8.21. The van der Waals surface area contributed by atoms with Gasteiger partial charge in [0.15, 0.2) is 11.5 Å². The number of nitrogens with zero attached hydrogens (tertiary/aromatic N) is 1. The summed E-state index contributed by atoms with van der Waals surface area (Å²) in [7, 11) is 2.95. The van der Waals surface area contributed by atoms with E-state index in [9.17, 15) is 19.5 Å². The van der Waals surface area contributed by atoms with E-state index in [1.54, 1.807) is 18.2 Å². The number of benzene rings is 2. The SMILES string of the molecule is COc1ccc(C(C(=O)NC(C)(C)C)N(C(=O)[C@@H](N)Cc2ccccc2)[C@@H](CC(C)C)C(=O)O)cc1OC. The van der Waals surface area contributed by atoms with Gasteiger partial charge in [0.25, 0.3) is 0 Å². The highest BCUT2D eigenvalue weighted by Gasteiger charge is 2.42. The van der Waals surface area contributed by atoms with E-state index in [1.165, 1.54) is 14.2 Å². The van der Waals surface area contributed by atoms with Crippen LogP contribution in [0, 0.1) is 5.92 Å². The number of carboxylic acids is 1. The van der Waals surface area contributed by atoms with Crippen LogP contribution in [0.5, 0.6) is 11.5 Å². The molecule has 2 amide bonds. The zero-order chi connectivity index (χ0) is 28.6. The summed E-state index contributed by atoms with van der Waals surface area (Å²) < 4.78 is 10.8. The number of nitrogens with one attached hydrogen (secondary N) is 1. The fourth-order valence-electron chi connectivity index (χ4n) is 4.29. The molecule has 1 unspecified atom stereocenters. The predicted octanol–water partition coefficient (Wildman–Crippen LogP) is 3.56. The van der Waals surface area contributed by atoms with E-state index in [2.05, 4.69) is 5.32 Å². The van der Waals surface area contributed by atoms with Crippen LogP contribution in [0.1, 0.15) is 58.2 Å². The molecule has 0 aliphatic rings. The summed E-state index contributed by atoms with van der Waals surface area (Å²) in [5.74, 6) is -1.68. The molecule has 0 bridgehead atoms. The molecular weight excluding hydrogens is 486 g/mol. The van der Waals surface area contributed by atoms with Crippen LogP contribution in [0.15, 0.2) is 48.5 Å². The van der Waals surface area contributed by atoms with Crippen LogP contribution in [0.3, 0.4) is 0 Å². The van der Waals surface area contributed by atoms with Gasteiger partial charge in [-0.1, -0.05) is 50.2 Å². The highest BCUT2D eigenvalue weighted by molar-refractivity contribution is 5.94. The lowest BCUT2D eigenvalue weighted by molar-refractivity contribution is -0.157. The molecule has 9 heteroatoms. The molecule has 0 aliphatic heterocycles. The van der Waals surface area contributed by atoms with Crippen LogP contribution >= 0.6 is 0 Å². The Morgan fingerprint density at radius 3 is 2.11 bits per heavy atom. The Hall–Kier alpha value is -3.59. The fraction of sp³-hybridized carbons (Fsp3) is 0.483. The molecule has 0 heterocycles. The van der Waals surface area contributed by atoms with E-state index in [4.69, 9.17) is 15.2 Å². The summed E-state index contributed by atoms with van der Waals surface area (Å²) in [6.07, 6.45) is 0.315. The molecule has 0 aliphatic carbocycles. The Kier molecular flexibility index (Phi) is 10.7. The van der Waals surface area contributed by atoms with Gasteiger partial charge in [-0.3, -0.25) is 9.59 Å². The standard InChI is InChI=1S/C29H41N3O6/c1-18(2)15-22(28(35)36)32(27(34)21(30)16-19-11-9-8-10-12-19)25(26(33)31-29(3,4)5)20-13-14-23(37-6)24(17-20)38-7/h8-14,17-18,21-22,25H,15-16,30H2,1-7H3,(H,31,33)(H,35,36)/t21-,22-,25?/m0/s1. The van der Waals surface area contributed by atoms with Gasteiger partial charge in [-0.05, 0) is 62.8 Å². The molecule has 38 heavy (non-hydrogen) atoms. The van der Waals surface area contributed by atoms with Gasteiger partial charge in [-0.25, -0.2) is 4.79 Å². The minimum absolute atomic E-state index is 0.0755. The molecule has 0 aromatic heterocycles. The molecule has 0 spiro atoms. The van der Waals surface area contributed by atoms with Gasteiger partial charge in [0.2, 0.25) is 11.8 Å². The lowest BCUT2D eigenvalue weighted by Crippen LogP contribution is -2.58. The normalized spacial score (nSPS) is 13.8. The Balaban J connectivity index is 2.73. The average Bonchev–Trinajstić information content (AvgIpc) is 2.84. The summed E-state index contributed by atoms with van der Waals surface area (Å²) in [6, 6.07) is 10.4. The smallest absolute Gasteiger partial charge is 0.326 e. The minimum atomic E-state index is -1.30. The first kappa shape index (κ1) is 30.6. The van der Waals surface area contributed by atoms with E-state index in [-0.39, 0.29) is 18.8 Å². The lowest BCUT2D eigenvalue weighted by Gasteiger charge is -2.39. The molecular formula is C29H41N3O6. The monoisotopic (exact) mass is 527 g/mol. The van der Waals surface area contributed by atoms with Crippen molar-refractivity contribution in [3.8, 4) is 11.5 Å². The number of amides is 2. The van der Waals surface area contributed by atoms with Crippen molar-refractivity contribution in [1.29, 1.82) is 0 Å². The molecule has 0 fully saturated rings. The zero-order valence-corrected chi connectivity index (χ0v) is 23.4. The first-order chi connectivity index (χ1) is 17.8. The van der Waals surface area contributed by atoms with Crippen molar-refractivity contribution in [3.05, 3.63) is 59.7 Å². The first-order valence-electron chi connectivity index (χ1n) is 12.7. The zero-order valence-electron chi connectivity index (χ0n) is 23.4. The van der Waals surface area contributed by atoms with Gasteiger partial charge in [-0.15, -0.1) is 0 Å². The lowest BCUT2D eigenvalue weighted by atomic mass is 9.94. The van der Waals surface area contributed by atoms with Crippen LogP contribution < -0.4 is 20.5 Å². The van der Waals surface area contributed by atoms with Crippen LogP contribution in [-0.2, 0) is 20.8 Å². The maximum Gasteiger partial charge on any atom is 0.326 e. The van der Waals surface area contributed by atoms with Crippen LogP contribution in [-0.4, -0.2) is 59.6 Å². The van der Waals surface area contributed by atoms with Gasteiger partial charge in [-0.2, -0.15) is 0 Å². The Labute approximate surface area is 225 Å². The van der Waals surface area contributed by atoms with E-state index >= 15 is 0 Å². The summed E-state index contributed by atoms with van der Waals surface area (Å²) in [5.41, 5.74) is 6.95. The van der Waals surface area contributed by atoms with Gasteiger partial charge in [0, 0.05) is 5.54 Å². The number of nitrogens with two attached hydrogens (primary N) is 1. The highest BCUT2D eigenvalue weighted by Crippen LogP contribution is 2.34. The second-order valence-electron chi connectivity index (χ2n) is 10.8. The number of hydrogen-bond acceptors (Lipinski definition) is 6. The number of aliphatic carboxylic acids is 1. The van der Waals surface area contributed by atoms with Crippen molar-refractivity contribution in [1.82, 2.24) is 10.2 Å². The van der Waals surface area contributed by atoms with Crippen LogP contribution in [0.4, 0.5) is 0 Å². The van der Waals surface area contributed by atoms with Gasteiger partial charge in [0.05, 0.1) is 20.3 Å². The molecule has 0 saturated heterocycles. The van der Waals surface area contributed by atoms with Crippen molar-refractivity contribution in [2.24, 2.45) is 11.7 Å². The number of carboxylic acid groups (broad SMARTS) is 1. The topological polar surface area (TPSA) is 131 Å². The summed E-state index contributed by atoms with van der Waals surface area (Å²) in [5, 5.41) is 13.2. The molecule has 4 N–H and O–H groups in total. The Morgan fingerprint density at radius 2 is 1.61 bits per heavy atom. The van der Waals surface area contributed by atoms with Crippen molar-refractivity contribution in [2.75, 3.05) is 14.2 Å². The van der Waals surface area contributed by atoms with Crippen molar-refractivity contribution >= 4 is 17.8 Å². The molecule has 2 aromatic carbocycles. The largest absolute Gasteiger partial charge is 0.493 e. The Morgan fingerprint density at radius 1 is 1.00 bits per heavy atom. The number of ether oxygens (including phenoxy) is 2. The van der Waals surface area contributed by atoms with E-state index in [0.717, 1.165) is 10.5 Å². The third-order valence-corrected chi connectivity index (χ3v) is 5.93. The third-order valence-electron chi connectivity index (χ3n) is 5.93. The van der Waals surface area contributed by atoms with E-state index in [1.807, 2.05) is 65.0 Å². The number of methoxy groups -OCH3 is 2. The number of carbonyl (C=O) groups is 3. The van der Waals surface area contributed by atoms with Crippen molar-refractivity contribution in [2.45, 2.75) is 71.1 Å². The predicted molar refractivity (Wildman–Crippen MR) is 146 cm³/mol. The summed E-state index contributed by atoms with van der Waals surface area (Å²) in [6.45, 7) is 9.16. The van der Waals surface area contributed by atoms with E-state index < -0.39 is 41.4 Å². The summed E-state index contributed by atoms with van der Waals surface area (Å²) >= 11 is 0. The first-order valence-corrected chi connectivity index (χ1v) is 12.7. The number of hydrogen-bond donors (Lipinski definition) is 3. The van der Waals surface area contributed by atoms with Crippen molar-refractivity contribution in [3.63, 3.8) is 0 Å². The maximum atomic E-state index is 14.0. The van der Waals surface area contributed by atoms with Gasteiger partial charge >= 0.3 is 5.97 Å². The highest BCUT2D eigenvalue weighted by atomic mass is 16.5. The molecule has 2 rings (SSSR count). The Bertz CT molecular complexity index is 1100. The average molecular weight is 528 g/mol. The molecule has 0 radical (unpaired) electrons. The minimum Gasteiger partial charge on any atom is -0.493 e. The molecule has 9 nitrogen and oxygen atoms in total. The maximum absolute atomic E-state index is 14.0. The quantitative estimate of drug-likeness (QED) is 0.385. The van der Waals surface area contributed by atoms with E-state index in [0.29, 0.717) is 17.1 Å². The molecule has 2 aromatic rings. The molecule has 3 atom stereocenters. The number of carbonyl (C=O) groups excluding carboxylic acids is 2. The second-order valence-corrected chi connectivity index (χ2v) is 10.8. The molecule has 208 valence electrons. The van der Waals surface area contributed by atoms with Crippen LogP contribution in [0.2, 0.25) is 0 Å². The van der Waals surface area contributed by atoms with Gasteiger partial charge < -0.3 is 30.5 Å². The van der Waals surface area contributed by atoms with Crippen molar-refractivity contribution < 1.29 is 29.0 Å². The molecule has 0 saturated carbocycles. The summed E-state index contributed by atoms with van der Waals surface area (Å²) in [4.78, 5) is 41.6.